The van der Waals surface area contributed by atoms with E-state index in [0.717, 1.165) is 6.07 Å². The molecule has 0 spiro atoms. The minimum absolute atomic E-state index is 0.0301. The summed E-state index contributed by atoms with van der Waals surface area (Å²) in [5, 5.41) is 5.49. The maximum atomic E-state index is 13.1. The molecule has 1 aromatic rings. The molecular formula is C13H14F4N2O. The molecule has 0 radical (unpaired) electrons. The molecule has 0 aliphatic carbocycles. The van der Waals surface area contributed by atoms with Gasteiger partial charge >= 0.3 is 6.18 Å². The zero-order chi connectivity index (χ0) is 14.9. The van der Waals surface area contributed by atoms with Crippen LogP contribution in [0.1, 0.15) is 18.9 Å². The highest BCUT2D eigenvalue weighted by molar-refractivity contribution is 5.93. The number of nitrogens with one attached hydrogen (secondary N) is 2. The van der Waals surface area contributed by atoms with Gasteiger partial charge in [0.15, 0.2) is 0 Å². The topological polar surface area (TPSA) is 41.1 Å². The summed E-state index contributed by atoms with van der Waals surface area (Å²) >= 11 is 0. The van der Waals surface area contributed by atoms with Gasteiger partial charge in [-0.1, -0.05) is 0 Å². The number of carbonyl (C=O) groups is 1. The van der Waals surface area contributed by atoms with Gasteiger partial charge < -0.3 is 10.6 Å². The molecule has 110 valence electrons. The van der Waals surface area contributed by atoms with Gasteiger partial charge in [-0.3, -0.25) is 4.79 Å². The highest BCUT2D eigenvalue weighted by Gasteiger charge is 2.35. The van der Waals surface area contributed by atoms with Crippen LogP contribution in [0.15, 0.2) is 18.2 Å². The third kappa shape index (κ3) is 3.09. The fourth-order valence-electron chi connectivity index (χ4n) is 2.27. The molecule has 1 heterocycles. The Bertz CT molecular complexity index is 516. The van der Waals surface area contributed by atoms with Crippen LogP contribution in [0.2, 0.25) is 0 Å². The molecule has 2 rings (SSSR count). The smallest absolute Gasteiger partial charge is 0.326 e. The van der Waals surface area contributed by atoms with Gasteiger partial charge in [0.2, 0.25) is 5.91 Å². The first kappa shape index (κ1) is 14.8. The predicted molar refractivity (Wildman–Crippen MR) is 65.6 cm³/mol. The van der Waals surface area contributed by atoms with Crippen molar-refractivity contribution in [2.24, 2.45) is 5.92 Å². The highest BCUT2D eigenvalue weighted by atomic mass is 19.4. The number of alkyl halides is 3. The number of amides is 1. The summed E-state index contributed by atoms with van der Waals surface area (Å²) in [6, 6.07) is 2.41. The van der Waals surface area contributed by atoms with E-state index in [1.165, 1.54) is 0 Å². The molecule has 0 aromatic heterocycles. The van der Waals surface area contributed by atoms with Crippen LogP contribution in [0.25, 0.3) is 0 Å². The lowest BCUT2D eigenvalue weighted by atomic mass is 10.0. The summed E-state index contributed by atoms with van der Waals surface area (Å²) in [7, 11) is 0. The SMILES string of the molecule is C[C@@H]1NCC[C@@H]1C(=O)Nc1ccc(F)c(C(F)(F)F)c1. The molecule has 3 nitrogen and oxygen atoms in total. The number of anilines is 1. The van der Waals surface area contributed by atoms with Crippen molar-refractivity contribution in [3.8, 4) is 0 Å². The van der Waals surface area contributed by atoms with E-state index in [1.54, 1.807) is 0 Å². The van der Waals surface area contributed by atoms with E-state index in [0.29, 0.717) is 25.1 Å². The largest absolute Gasteiger partial charge is 0.419 e. The monoisotopic (exact) mass is 290 g/mol. The van der Waals surface area contributed by atoms with Crippen molar-refractivity contribution in [3.05, 3.63) is 29.6 Å². The van der Waals surface area contributed by atoms with E-state index in [9.17, 15) is 22.4 Å². The normalized spacial score (nSPS) is 22.9. The number of rotatable bonds is 2. The number of halogens is 4. The van der Waals surface area contributed by atoms with E-state index in [2.05, 4.69) is 10.6 Å². The molecule has 2 atom stereocenters. The predicted octanol–water partition coefficient (Wildman–Crippen LogP) is 2.78. The van der Waals surface area contributed by atoms with Crippen molar-refractivity contribution in [1.29, 1.82) is 0 Å². The molecule has 7 heteroatoms. The third-order valence-corrected chi connectivity index (χ3v) is 3.40. The molecule has 1 fully saturated rings. The van der Waals surface area contributed by atoms with Crippen LogP contribution in [0.5, 0.6) is 0 Å². The summed E-state index contributed by atoms with van der Waals surface area (Å²) in [5.74, 6) is -2.01. The van der Waals surface area contributed by atoms with Crippen molar-refractivity contribution < 1.29 is 22.4 Å². The van der Waals surface area contributed by atoms with E-state index in [4.69, 9.17) is 0 Å². The lowest BCUT2D eigenvalue weighted by Gasteiger charge is -2.16. The molecule has 1 aliphatic heterocycles. The fraction of sp³-hybridized carbons (Fsp3) is 0.462. The maximum absolute atomic E-state index is 13.1. The van der Waals surface area contributed by atoms with Crippen molar-refractivity contribution in [1.82, 2.24) is 5.32 Å². The van der Waals surface area contributed by atoms with Crippen LogP contribution < -0.4 is 10.6 Å². The minimum Gasteiger partial charge on any atom is -0.326 e. The number of hydrogen-bond acceptors (Lipinski definition) is 2. The summed E-state index contributed by atoms with van der Waals surface area (Å²) in [6.07, 6.45) is -4.16. The number of benzene rings is 1. The van der Waals surface area contributed by atoms with Crippen LogP contribution >= 0.6 is 0 Å². The van der Waals surface area contributed by atoms with E-state index < -0.39 is 17.6 Å². The van der Waals surface area contributed by atoms with Crippen molar-refractivity contribution in [3.63, 3.8) is 0 Å². The molecule has 1 saturated heterocycles. The summed E-state index contributed by atoms with van der Waals surface area (Å²) < 4.78 is 50.8. The average molecular weight is 290 g/mol. The average Bonchev–Trinajstić information content (AvgIpc) is 2.76. The molecule has 1 amide bonds. The Balaban J connectivity index is 2.16. The second-order valence-electron chi connectivity index (χ2n) is 4.82. The molecule has 1 aliphatic rings. The first-order valence-corrected chi connectivity index (χ1v) is 6.20. The van der Waals surface area contributed by atoms with Crippen LogP contribution in [-0.4, -0.2) is 18.5 Å². The van der Waals surface area contributed by atoms with Gasteiger partial charge in [-0.15, -0.1) is 0 Å². The van der Waals surface area contributed by atoms with Crippen molar-refractivity contribution in [2.75, 3.05) is 11.9 Å². The van der Waals surface area contributed by atoms with Gasteiger partial charge in [0.1, 0.15) is 5.82 Å². The summed E-state index contributed by atoms with van der Waals surface area (Å²) in [4.78, 5) is 11.9. The van der Waals surface area contributed by atoms with Crippen LogP contribution in [0.4, 0.5) is 23.2 Å². The van der Waals surface area contributed by atoms with Gasteiger partial charge in [0.05, 0.1) is 11.5 Å². The zero-order valence-corrected chi connectivity index (χ0v) is 10.7. The zero-order valence-electron chi connectivity index (χ0n) is 10.7. The van der Waals surface area contributed by atoms with Crippen LogP contribution in [0.3, 0.4) is 0 Å². The maximum Gasteiger partial charge on any atom is 0.419 e. The van der Waals surface area contributed by atoms with E-state index in [1.807, 2.05) is 6.92 Å². The Kier molecular flexibility index (Phi) is 3.99. The number of carbonyl (C=O) groups excluding carboxylic acids is 1. The molecular weight excluding hydrogens is 276 g/mol. The molecule has 1 aromatic carbocycles. The van der Waals surface area contributed by atoms with Crippen LogP contribution in [0, 0.1) is 11.7 Å². The Morgan fingerprint density at radius 1 is 1.40 bits per heavy atom. The van der Waals surface area contributed by atoms with E-state index >= 15 is 0 Å². The first-order chi connectivity index (χ1) is 9.29. The Labute approximate surface area is 113 Å². The number of hydrogen-bond donors (Lipinski definition) is 2. The van der Waals surface area contributed by atoms with Gasteiger partial charge in [-0.05, 0) is 38.1 Å². The third-order valence-electron chi connectivity index (χ3n) is 3.40. The molecule has 0 unspecified atom stereocenters. The van der Waals surface area contributed by atoms with Crippen molar-refractivity contribution >= 4 is 11.6 Å². The molecule has 2 N–H and O–H groups in total. The Morgan fingerprint density at radius 3 is 2.65 bits per heavy atom. The second kappa shape index (κ2) is 5.40. The minimum atomic E-state index is -4.78. The Morgan fingerprint density at radius 2 is 2.10 bits per heavy atom. The lowest BCUT2D eigenvalue weighted by molar-refractivity contribution is -0.140. The van der Waals surface area contributed by atoms with E-state index in [-0.39, 0.29) is 23.6 Å². The van der Waals surface area contributed by atoms with Crippen molar-refractivity contribution in [2.45, 2.75) is 25.6 Å². The summed E-state index contributed by atoms with van der Waals surface area (Å²) in [6.45, 7) is 2.53. The van der Waals surface area contributed by atoms with Gasteiger partial charge in [-0.2, -0.15) is 13.2 Å². The second-order valence-corrected chi connectivity index (χ2v) is 4.82. The lowest BCUT2D eigenvalue weighted by Crippen LogP contribution is -2.32. The molecule has 0 saturated carbocycles. The fourth-order valence-corrected chi connectivity index (χ4v) is 2.27. The van der Waals surface area contributed by atoms with Gasteiger partial charge in [0, 0.05) is 11.7 Å². The quantitative estimate of drug-likeness (QED) is 0.822. The standard InChI is InChI=1S/C13H14F4N2O/c1-7-9(4-5-18-7)12(20)19-8-2-3-11(14)10(6-8)13(15,16)17/h2-3,6-7,9,18H,4-5H2,1H3,(H,19,20)/t7-,9-/m0/s1. The van der Waals surface area contributed by atoms with Gasteiger partial charge in [0.25, 0.3) is 0 Å². The Hall–Kier alpha value is -1.63. The highest BCUT2D eigenvalue weighted by Crippen LogP contribution is 2.33. The van der Waals surface area contributed by atoms with Crippen LogP contribution in [-0.2, 0) is 11.0 Å². The summed E-state index contributed by atoms with van der Waals surface area (Å²) in [5.41, 5.74) is -1.43. The first-order valence-electron chi connectivity index (χ1n) is 6.20. The van der Waals surface area contributed by atoms with Gasteiger partial charge in [-0.25, -0.2) is 4.39 Å². The molecule has 0 bridgehead atoms. The molecule has 20 heavy (non-hydrogen) atoms.